The summed E-state index contributed by atoms with van der Waals surface area (Å²) in [5.41, 5.74) is 8.73. The van der Waals surface area contributed by atoms with Gasteiger partial charge in [0.15, 0.2) is 0 Å². The monoisotopic (exact) mass is 365 g/mol. The van der Waals surface area contributed by atoms with Crippen molar-refractivity contribution in [1.29, 1.82) is 5.26 Å². The zero-order valence-corrected chi connectivity index (χ0v) is 15.3. The number of hydrogen-bond donors (Lipinski definition) is 2. The van der Waals surface area contributed by atoms with E-state index in [-0.39, 0.29) is 5.57 Å². The van der Waals surface area contributed by atoms with Gasteiger partial charge in [-0.05, 0) is 49.8 Å². The fraction of sp³-hybridized carbons (Fsp3) is 0.250. The van der Waals surface area contributed by atoms with Crippen LogP contribution >= 0.6 is 11.3 Å². The quantitative estimate of drug-likeness (QED) is 0.640. The number of anilines is 1. The number of nitrogens with two attached hydrogens (primary N) is 1. The van der Waals surface area contributed by atoms with E-state index < -0.39 is 11.8 Å². The number of primary amides is 1. The molecule has 0 bridgehead atoms. The van der Waals surface area contributed by atoms with Crippen LogP contribution in [-0.2, 0) is 17.6 Å². The second kappa shape index (κ2) is 7.54. The molecule has 0 fully saturated rings. The smallest absolute Gasteiger partial charge is 0.266 e. The van der Waals surface area contributed by atoms with E-state index in [9.17, 15) is 14.9 Å². The van der Waals surface area contributed by atoms with Crippen LogP contribution in [0.3, 0.4) is 0 Å². The molecule has 2 amide bonds. The first-order chi connectivity index (χ1) is 12.5. The van der Waals surface area contributed by atoms with E-state index >= 15 is 0 Å². The van der Waals surface area contributed by atoms with Gasteiger partial charge in [-0.25, -0.2) is 0 Å². The van der Waals surface area contributed by atoms with E-state index in [1.807, 2.05) is 37.3 Å². The maximum Gasteiger partial charge on any atom is 0.266 e. The van der Waals surface area contributed by atoms with Crippen molar-refractivity contribution < 1.29 is 9.59 Å². The second-order valence-electron chi connectivity index (χ2n) is 6.31. The molecule has 0 saturated heterocycles. The van der Waals surface area contributed by atoms with Crippen LogP contribution in [0.1, 0.15) is 44.8 Å². The van der Waals surface area contributed by atoms with Gasteiger partial charge in [0.1, 0.15) is 16.6 Å². The molecule has 0 spiro atoms. The minimum atomic E-state index is -0.541. The van der Waals surface area contributed by atoms with Gasteiger partial charge in [0, 0.05) is 4.88 Å². The van der Waals surface area contributed by atoms with Crippen LogP contribution in [0.2, 0.25) is 0 Å². The Labute approximate surface area is 156 Å². The topological polar surface area (TPSA) is 96.0 Å². The van der Waals surface area contributed by atoms with E-state index in [2.05, 4.69) is 5.32 Å². The fourth-order valence-corrected chi connectivity index (χ4v) is 4.35. The lowest BCUT2D eigenvalue weighted by Crippen LogP contribution is -2.19. The lowest BCUT2D eigenvalue weighted by atomic mass is 9.95. The van der Waals surface area contributed by atoms with Crippen LogP contribution in [0, 0.1) is 18.3 Å². The molecule has 0 unspecified atom stereocenters. The Morgan fingerprint density at radius 2 is 1.92 bits per heavy atom. The molecular formula is C20H19N3O2S. The normalized spacial score (nSPS) is 13.6. The second-order valence-corrected chi connectivity index (χ2v) is 7.42. The minimum absolute atomic E-state index is 0.0179. The first-order valence-corrected chi connectivity index (χ1v) is 9.25. The van der Waals surface area contributed by atoms with Crippen molar-refractivity contribution in [2.75, 3.05) is 5.32 Å². The Balaban J connectivity index is 1.89. The molecule has 3 N–H and O–H groups in total. The number of nitrogens with zero attached hydrogens (tertiary/aromatic N) is 1. The van der Waals surface area contributed by atoms with Crippen molar-refractivity contribution in [3.63, 3.8) is 0 Å². The Kier molecular flexibility index (Phi) is 5.19. The van der Waals surface area contributed by atoms with Gasteiger partial charge < -0.3 is 11.1 Å². The third kappa shape index (κ3) is 3.68. The van der Waals surface area contributed by atoms with Crippen molar-refractivity contribution in [3.05, 3.63) is 57.0 Å². The van der Waals surface area contributed by atoms with Gasteiger partial charge in [-0.15, -0.1) is 11.3 Å². The summed E-state index contributed by atoms with van der Waals surface area (Å²) < 4.78 is 0. The highest BCUT2D eigenvalue weighted by molar-refractivity contribution is 7.17. The first kappa shape index (κ1) is 17.9. The fourth-order valence-electron chi connectivity index (χ4n) is 3.06. The van der Waals surface area contributed by atoms with Crippen LogP contribution < -0.4 is 11.1 Å². The minimum Gasteiger partial charge on any atom is -0.365 e. The summed E-state index contributed by atoms with van der Waals surface area (Å²) in [4.78, 5) is 25.6. The number of amides is 2. The average molecular weight is 365 g/mol. The highest BCUT2D eigenvalue weighted by Crippen LogP contribution is 2.38. The summed E-state index contributed by atoms with van der Waals surface area (Å²) in [5, 5.41) is 12.5. The maximum atomic E-state index is 12.6. The van der Waals surface area contributed by atoms with Gasteiger partial charge in [0.25, 0.3) is 11.8 Å². The third-order valence-electron chi connectivity index (χ3n) is 4.40. The van der Waals surface area contributed by atoms with Crippen LogP contribution in [0.5, 0.6) is 0 Å². The standard InChI is InChI=1S/C20H19N3O2S/c1-12-6-8-13(9-7-12)10-14(11-21)19(25)23-20-17(18(22)24)15-4-2-3-5-16(15)26-20/h6-10H,2-5H2,1H3,(H2,22,24)(H,23,25)/b14-10+. The molecule has 3 rings (SSSR count). The number of nitriles is 1. The van der Waals surface area contributed by atoms with E-state index in [4.69, 9.17) is 5.73 Å². The number of aryl methyl sites for hydroxylation is 2. The van der Waals surface area contributed by atoms with Gasteiger partial charge in [0.2, 0.25) is 0 Å². The number of thiophene rings is 1. The molecule has 0 radical (unpaired) electrons. The molecule has 1 aliphatic rings. The van der Waals surface area contributed by atoms with Gasteiger partial charge in [-0.1, -0.05) is 29.8 Å². The van der Waals surface area contributed by atoms with Crippen molar-refractivity contribution in [2.45, 2.75) is 32.6 Å². The molecule has 2 aromatic rings. The highest BCUT2D eigenvalue weighted by Gasteiger charge is 2.25. The van der Waals surface area contributed by atoms with Crippen LogP contribution in [0.25, 0.3) is 6.08 Å². The molecule has 1 aromatic heterocycles. The third-order valence-corrected chi connectivity index (χ3v) is 5.61. The summed E-state index contributed by atoms with van der Waals surface area (Å²) in [7, 11) is 0. The van der Waals surface area contributed by atoms with Gasteiger partial charge in [-0.3, -0.25) is 9.59 Å². The zero-order valence-electron chi connectivity index (χ0n) is 14.5. The van der Waals surface area contributed by atoms with Crippen LogP contribution in [0.15, 0.2) is 29.8 Å². The van der Waals surface area contributed by atoms with Crippen molar-refractivity contribution in [2.24, 2.45) is 5.73 Å². The predicted molar refractivity (Wildman–Crippen MR) is 103 cm³/mol. The van der Waals surface area contributed by atoms with Crippen molar-refractivity contribution in [1.82, 2.24) is 0 Å². The number of hydrogen-bond acceptors (Lipinski definition) is 4. The van der Waals surface area contributed by atoms with Gasteiger partial charge >= 0.3 is 0 Å². The van der Waals surface area contributed by atoms with Crippen molar-refractivity contribution >= 4 is 34.2 Å². The summed E-state index contributed by atoms with van der Waals surface area (Å²) >= 11 is 1.39. The molecule has 0 atom stereocenters. The lowest BCUT2D eigenvalue weighted by molar-refractivity contribution is -0.112. The number of benzene rings is 1. The Morgan fingerprint density at radius 3 is 2.58 bits per heavy atom. The number of carbonyl (C=O) groups excluding carboxylic acids is 2. The van der Waals surface area contributed by atoms with E-state index in [0.717, 1.165) is 47.3 Å². The summed E-state index contributed by atoms with van der Waals surface area (Å²) in [6, 6.07) is 9.45. The summed E-state index contributed by atoms with van der Waals surface area (Å²) in [5.74, 6) is -1.07. The van der Waals surface area contributed by atoms with E-state index in [1.54, 1.807) is 0 Å². The van der Waals surface area contributed by atoms with Crippen molar-refractivity contribution in [3.8, 4) is 6.07 Å². The molecule has 0 aliphatic heterocycles. The Bertz CT molecular complexity index is 933. The average Bonchev–Trinajstić information content (AvgIpc) is 2.99. The zero-order chi connectivity index (χ0) is 18.7. The molecule has 5 nitrogen and oxygen atoms in total. The Morgan fingerprint density at radius 1 is 1.23 bits per heavy atom. The molecule has 0 saturated carbocycles. The number of fused-ring (bicyclic) bond motifs is 1. The predicted octanol–water partition coefficient (Wildman–Crippen LogP) is 3.58. The molecule has 132 valence electrons. The number of carbonyl (C=O) groups is 2. The van der Waals surface area contributed by atoms with Crippen LogP contribution in [-0.4, -0.2) is 11.8 Å². The summed E-state index contributed by atoms with van der Waals surface area (Å²) in [6.45, 7) is 1.97. The molecule has 1 heterocycles. The number of rotatable bonds is 4. The first-order valence-electron chi connectivity index (χ1n) is 8.43. The van der Waals surface area contributed by atoms with Gasteiger partial charge in [0.05, 0.1) is 5.56 Å². The largest absolute Gasteiger partial charge is 0.365 e. The molecular weight excluding hydrogens is 346 g/mol. The SMILES string of the molecule is Cc1ccc(/C=C(\C#N)C(=O)Nc2sc3c(c2C(N)=O)CCCC3)cc1. The van der Waals surface area contributed by atoms with Crippen LogP contribution in [0.4, 0.5) is 5.00 Å². The van der Waals surface area contributed by atoms with Gasteiger partial charge in [-0.2, -0.15) is 5.26 Å². The molecule has 26 heavy (non-hydrogen) atoms. The lowest BCUT2D eigenvalue weighted by Gasteiger charge is -2.11. The van der Waals surface area contributed by atoms with E-state index in [0.29, 0.717) is 10.6 Å². The molecule has 1 aromatic carbocycles. The van der Waals surface area contributed by atoms with E-state index in [1.165, 1.54) is 17.4 Å². The highest BCUT2D eigenvalue weighted by atomic mass is 32.1. The summed E-state index contributed by atoms with van der Waals surface area (Å²) in [6.07, 6.45) is 5.29. The molecule has 6 heteroatoms. The maximum absolute atomic E-state index is 12.6. The molecule has 1 aliphatic carbocycles. The Hall–Kier alpha value is -2.91. The number of nitrogens with one attached hydrogen (secondary N) is 1.